The zero-order valence-corrected chi connectivity index (χ0v) is 12.1. The lowest BCUT2D eigenvalue weighted by molar-refractivity contribution is -0.230. The van der Waals surface area contributed by atoms with E-state index in [1.54, 1.807) is 7.11 Å². The fourth-order valence-electron chi connectivity index (χ4n) is 2.14. The van der Waals surface area contributed by atoms with Crippen LogP contribution in [-0.4, -0.2) is 63.9 Å². The molecule has 0 aromatic carbocycles. The van der Waals surface area contributed by atoms with Gasteiger partial charge in [-0.05, 0) is 13.8 Å². The molecule has 19 heavy (non-hydrogen) atoms. The first kappa shape index (κ1) is 16.4. The Hall–Kier alpha value is -0.690. The molecule has 1 fully saturated rings. The van der Waals surface area contributed by atoms with Crippen LogP contribution in [0.5, 0.6) is 0 Å². The molecule has 0 bridgehead atoms. The van der Waals surface area contributed by atoms with Gasteiger partial charge in [0.1, 0.15) is 18.3 Å². The van der Waals surface area contributed by atoms with Crippen LogP contribution < -0.4 is 0 Å². The van der Waals surface area contributed by atoms with Crippen molar-refractivity contribution in [3.05, 3.63) is 0 Å². The van der Waals surface area contributed by atoms with Gasteiger partial charge in [-0.2, -0.15) is 0 Å². The zero-order chi connectivity index (χ0) is 14.3. The highest BCUT2D eigenvalue weighted by Gasteiger charge is 2.43. The van der Waals surface area contributed by atoms with Crippen LogP contribution in [0.2, 0.25) is 0 Å². The molecule has 1 aliphatic rings. The molecule has 1 heterocycles. The predicted molar refractivity (Wildman–Crippen MR) is 68.0 cm³/mol. The van der Waals surface area contributed by atoms with Crippen molar-refractivity contribution in [1.82, 2.24) is 0 Å². The largest absolute Gasteiger partial charge is 0.457 e. The molecule has 0 amide bonds. The summed E-state index contributed by atoms with van der Waals surface area (Å²) in [6.07, 6.45) is -1.42. The van der Waals surface area contributed by atoms with E-state index >= 15 is 0 Å². The van der Waals surface area contributed by atoms with Gasteiger partial charge in [-0.25, -0.2) is 0 Å². The molecule has 0 aromatic heterocycles. The molecule has 6 nitrogen and oxygen atoms in total. The van der Waals surface area contributed by atoms with Gasteiger partial charge >= 0.3 is 5.97 Å². The summed E-state index contributed by atoms with van der Waals surface area (Å²) in [4.78, 5) is 11.3. The minimum atomic E-state index is -0.511. The Labute approximate surface area is 114 Å². The van der Waals surface area contributed by atoms with E-state index in [4.69, 9.17) is 23.7 Å². The number of hydrogen-bond donors (Lipinski definition) is 0. The maximum atomic E-state index is 11.3. The average Bonchev–Trinajstić information content (AvgIpc) is 2.38. The van der Waals surface area contributed by atoms with Gasteiger partial charge in [-0.3, -0.25) is 4.79 Å². The van der Waals surface area contributed by atoms with E-state index in [1.165, 1.54) is 6.92 Å². The molecule has 0 radical (unpaired) electrons. The molecule has 4 atom stereocenters. The predicted octanol–water partition coefficient (Wildman–Crippen LogP) is 0.773. The van der Waals surface area contributed by atoms with Gasteiger partial charge < -0.3 is 23.7 Å². The second kappa shape index (κ2) is 8.47. The van der Waals surface area contributed by atoms with Gasteiger partial charge in [0.15, 0.2) is 6.10 Å². The van der Waals surface area contributed by atoms with Crippen molar-refractivity contribution in [3.8, 4) is 0 Å². The molecule has 0 saturated carbocycles. The van der Waals surface area contributed by atoms with Crippen molar-refractivity contribution in [2.24, 2.45) is 0 Å². The highest BCUT2D eigenvalue weighted by molar-refractivity contribution is 5.66. The Morgan fingerprint density at radius 3 is 2.53 bits per heavy atom. The van der Waals surface area contributed by atoms with E-state index < -0.39 is 6.10 Å². The molecule has 1 rings (SSSR count). The van der Waals surface area contributed by atoms with Gasteiger partial charge in [-0.15, -0.1) is 0 Å². The number of hydrogen-bond acceptors (Lipinski definition) is 6. The van der Waals surface area contributed by atoms with Crippen LogP contribution in [0.3, 0.4) is 0 Å². The Morgan fingerprint density at radius 1 is 1.26 bits per heavy atom. The quantitative estimate of drug-likeness (QED) is 0.640. The van der Waals surface area contributed by atoms with E-state index in [0.717, 1.165) is 0 Å². The fraction of sp³-hybridized carbons (Fsp3) is 0.923. The van der Waals surface area contributed by atoms with Crippen LogP contribution in [-0.2, 0) is 28.5 Å². The van der Waals surface area contributed by atoms with Crippen LogP contribution >= 0.6 is 0 Å². The lowest BCUT2D eigenvalue weighted by atomic mass is 9.99. The van der Waals surface area contributed by atoms with Crippen molar-refractivity contribution in [3.63, 3.8) is 0 Å². The van der Waals surface area contributed by atoms with Crippen molar-refractivity contribution in [2.75, 3.05) is 33.5 Å². The Morgan fingerprint density at radius 2 is 2.00 bits per heavy atom. The molecular weight excluding hydrogens is 252 g/mol. The van der Waals surface area contributed by atoms with Crippen molar-refractivity contribution in [1.29, 1.82) is 0 Å². The maximum absolute atomic E-state index is 11.3. The third kappa shape index (κ3) is 4.72. The number of carbonyl (C=O) groups excluding carboxylic acids is 1. The number of carbonyl (C=O) groups is 1. The van der Waals surface area contributed by atoms with Crippen LogP contribution in [0, 0.1) is 0 Å². The topological polar surface area (TPSA) is 63.2 Å². The lowest BCUT2D eigenvalue weighted by Gasteiger charge is -2.40. The number of ether oxygens (including phenoxy) is 5. The van der Waals surface area contributed by atoms with Crippen LogP contribution in [0.15, 0.2) is 0 Å². The van der Waals surface area contributed by atoms with E-state index in [-0.39, 0.29) is 24.3 Å². The van der Waals surface area contributed by atoms with Gasteiger partial charge in [-0.1, -0.05) is 0 Å². The van der Waals surface area contributed by atoms with Gasteiger partial charge in [0.25, 0.3) is 0 Å². The Bertz CT molecular complexity index is 270. The van der Waals surface area contributed by atoms with Crippen molar-refractivity contribution in [2.45, 2.75) is 45.2 Å². The third-order valence-corrected chi connectivity index (χ3v) is 2.98. The Kier molecular flexibility index (Phi) is 7.30. The standard InChI is InChI=1S/C13H24O6/c1-5-16-7-11-13(19-9(3)14)12(17-6-2)10(15-4)8-18-11/h10-13H,5-8H2,1-4H3/t10-,11+,12+,13+/m0/s1. The summed E-state index contributed by atoms with van der Waals surface area (Å²) in [5.41, 5.74) is 0. The molecular formula is C13H24O6. The summed E-state index contributed by atoms with van der Waals surface area (Å²) in [7, 11) is 1.59. The van der Waals surface area contributed by atoms with Crippen molar-refractivity contribution >= 4 is 5.97 Å². The van der Waals surface area contributed by atoms with Crippen LogP contribution in [0.1, 0.15) is 20.8 Å². The molecule has 1 saturated heterocycles. The molecule has 0 aromatic rings. The smallest absolute Gasteiger partial charge is 0.303 e. The molecule has 1 aliphatic heterocycles. The number of methoxy groups -OCH3 is 1. The zero-order valence-electron chi connectivity index (χ0n) is 12.1. The van der Waals surface area contributed by atoms with E-state index in [0.29, 0.717) is 26.4 Å². The first-order valence-corrected chi connectivity index (χ1v) is 6.64. The lowest BCUT2D eigenvalue weighted by Crippen LogP contribution is -2.57. The van der Waals surface area contributed by atoms with Crippen LogP contribution in [0.25, 0.3) is 0 Å². The molecule has 112 valence electrons. The third-order valence-electron chi connectivity index (χ3n) is 2.98. The van der Waals surface area contributed by atoms with Gasteiger partial charge in [0.05, 0.1) is 13.2 Å². The average molecular weight is 276 g/mol. The number of esters is 1. The minimum absolute atomic E-state index is 0.248. The van der Waals surface area contributed by atoms with E-state index in [1.807, 2.05) is 13.8 Å². The monoisotopic (exact) mass is 276 g/mol. The number of rotatable bonds is 7. The second-order valence-corrected chi connectivity index (χ2v) is 4.30. The summed E-state index contributed by atoms with van der Waals surface area (Å²) < 4.78 is 27.4. The highest BCUT2D eigenvalue weighted by atomic mass is 16.6. The summed E-state index contributed by atoms with van der Waals surface area (Å²) in [5, 5.41) is 0. The SMILES string of the molecule is CCOC[C@H]1OC[C@H](OC)[C@@H](OCC)[C@@H]1OC(C)=O. The van der Waals surface area contributed by atoms with E-state index in [2.05, 4.69) is 0 Å². The molecule has 0 aliphatic carbocycles. The fourth-order valence-corrected chi connectivity index (χ4v) is 2.14. The maximum Gasteiger partial charge on any atom is 0.303 e. The molecule has 6 heteroatoms. The Balaban J connectivity index is 2.78. The normalized spacial score (nSPS) is 31.2. The summed E-state index contributed by atoms with van der Waals surface area (Å²) >= 11 is 0. The van der Waals surface area contributed by atoms with Crippen molar-refractivity contribution < 1.29 is 28.5 Å². The minimum Gasteiger partial charge on any atom is -0.457 e. The summed E-state index contributed by atoms with van der Waals surface area (Å²) in [6, 6.07) is 0. The van der Waals surface area contributed by atoms with Crippen LogP contribution in [0.4, 0.5) is 0 Å². The molecule has 0 unspecified atom stereocenters. The first-order valence-electron chi connectivity index (χ1n) is 6.64. The summed E-state index contributed by atoms with van der Waals surface area (Å²) in [6.45, 7) is 7.04. The second-order valence-electron chi connectivity index (χ2n) is 4.30. The summed E-state index contributed by atoms with van der Waals surface area (Å²) in [5.74, 6) is -0.364. The molecule has 0 spiro atoms. The van der Waals surface area contributed by atoms with E-state index in [9.17, 15) is 4.79 Å². The first-order chi connectivity index (χ1) is 9.13. The van der Waals surface area contributed by atoms with Gasteiger partial charge in [0.2, 0.25) is 0 Å². The highest BCUT2D eigenvalue weighted by Crippen LogP contribution is 2.23. The van der Waals surface area contributed by atoms with Gasteiger partial charge in [0, 0.05) is 27.2 Å². The molecule has 0 N–H and O–H groups in total.